The maximum absolute atomic E-state index is 11.3. The Hall–Kier alpha value is -0.0900. The van der Waals surface area contributed by atoms with Crippen molar-refractivity contribution in [2.75, 3.05) is 0 Å². The number of hydrogen-bond donors (Lipinski definition) is 1. The molecule has 0 spiro atoms. The summed E-state index contributed by atoms with van der Waals surface area (Å²) in [6, 6.07) is 0. The van der Waals surface area contributed by atoms with Crippen LogP contribution in [0.3, 0.4) is 0 Å². The van der Waals surface area contributed by atoms with E-state index >= 15 is 0 Å². The molecule has 0 aliphatic rings. The van der Waals surface area contributed by atoms with Gasteiger partial charge in [0.2, 0.25) is 0 Å². The highest BCUT2D eigenvalue weighted by atomic mass is 32.2. The highest BCUT2D eigenvalue weighted by molar-refractivity contribution is 7.86. The van der Waals surface area contributed by atoms with E-state index in [0.717, 1.165) is 12.8 Å². The molecule has 3 nitrogen and oxygen atoms in total. The van der Waals surface area contributed by atoms with Gasteiger partial charge >= 0.3 is 0 Å². The average molecular weight is 278 g/mol. The summed E-state index contributed by atoms with van der Waals surface area (Å²) in [6.07, 6.45) is 6.73. The van der Waals surface area contributed by atoms with Gasteiger partial charge < -0.3 is 0 Å². The molecule has 0 saturated heterocycles. The van der Waals surface area contributed by atoms with E-state index in [9.17, 15) is 13.0 Å². The lowest BCUT2D eigenvalue weighted by Gasteiger charge is -2.20. The van der Waals surface area contributed by atoms with Crippen molar-refractivity contribution in [3.8, 4) is 0 Å². The maximum Gasteiger partial charge on any atom is 0.267 e. The lowest BCUT2D eigenvalue weighted by Crippen LogP contribution is -2.23. The average Bonchev–Trinajstić information content (AvgIpc) is 2.25. The van der Waals surface area contributed by atoms with Crippen molar-refractivity contribution in [2.45, 2.75) is 77.9 Å². The molecule has 0 aliphatic carbocycles. The van der Waals surface area contributed by atoms with Gasteiger partial charge in [-0.2, -0.15) is 8.42 Å². The molecule has 0 aromatic rings. The van der Waals surface area contributed by atoms with Gasteiger partial charge in [-0.15, -0.1) is 0 Å². The van der Waals surface area contributed by atoms with Gasteiger partial charge in [0.1, 0.15) is 0 Å². The van der Waals surface area contributed by atoms with Crippen LogP contribution in [0.25, 0.3) is 0 Å². The van der Waals surface area contributed by atoms with Gasteiger partial charge in [0, 0.05) is 0 Å². The lowest BCUT2D eigenvalue weighted by atomic mass is 9.92. The van der Waals surface area contributed by atoms with Crippen LogP contribution in [0.4, 0.5) is 0 Å². The van der Waals surface area contributed by atoms with E-state index in [1.54, 1.807) is 0 Å². The largest absolute Gasteiger partial charge is 0.285 e. The van der Waals surface area contributed by atoms with Gasteiger partial charge in [0.15, 0.2) is 0 Å². The molecule has 2 atom stereocenters. The Bertz CT molecular complexity index is 296. The third kappa shape index (κ3) is 8.09. The molecular formula is C14H30O3S. The first-order valence-corrected chi connectivity index (χ1v) is 8.77. The summed E-state index contributed by atoms with van der Waals surface area (Å²) < 4.78 is 31.9. The Morgan fingerprint density at radius 1 is 1.06 bits per heavy atom. The van der Waals surface area contributed by atoms with Gasteiger partial charge in [0.25, 0.3) is 10.1 Å². The molecule has 110 valence electrons. The molecule has 2 unspecified atom stereocenters. The minimum atomic E-state index is -3.88. The van der Waals surface area contributed by atoms with E-state index in [1.807, 2.05) is 13.8 Å². The van der Waals surface area contributed by atoms with Crippen molar-refractivity contribution in [2.24, 2.45) is 11.8 Å². The molecule has 0 rings (SSSR count). The minimum absolute atomic E-state index is 0.299. The van der Waals surface area contributed by atoms with E-state index in [4.69, 9.17) is 0 Å². The van der Waals surface area contributed by atoms with Gasteiger partial charge in [-0.1, -0.05) is 53.4 Å². The van der Waals surface area contributed by atoms with Crippen molar-refractivity contribution in [3.05, 3.63) is 0 Å². The Morgan fingerprint density at radius 2 is 1.67 bits per heavy atom. The Balaban J connectivity index is 4.32. The molecule has 18 heavy (non-hydrogen) atoms. The molecule has 0 aliphatic heterocycles. The monoisotopic (exact) mass is 278 g/mol. The molecule has 1 N–H and O–H groups in total. The zero-order valence-corrected chi connectivity index (χ0v) is 13.2. The normalized spacial score (nSPS) is 15.9. The zero-order chi connectivity index (χ0) is 14.2. The van der Waals surface area contributed by atoms with Crippen LogP contribution in [0, 0.1) is 11.8 Å². The highest BCUT2D eigenvalue weighted by Crippen LogP contribution is 2.24. The molecule has 0 fully saturated rings. The lowest BCUT2D eigenvalue weighted by molar-refractivity contribution is 0.379. The van der Waals surface area contributed by atoms with E-state index in [1.165, 1.54) is 19.3 Å². The van der Waals surface area contributed by atoms with Crippen LogP contribution in [-0.4, -0.2) is 18.2 Å². The highest BCUT2D eigenvalue weighted by Gasteiger charge is 2.24. The Morgan fingerprint density at radius 3 is 2.06 bits per heavy atom. The first-order valence-electron chi connectivity index (χ1n) is 7.27. The first-order chi connectivity index (χ1) is 8.31. The molecule has 0 amide bonds. The number of rotatable bonds is 10. The van der Waals surface area contributed by atoms with Crippen LogP contribution in [0.2, 0.25) is 0 Å². The van der Waals surface area contributed by atoms with Crippen molar-refractivity contribution < 1.29 is 13.0 Å². The summed E-state index contributed by atoms with van der Waals surface area (Å²) in [6.45, 7) is 8.32. The van der Waals surface area contributed by atoms with Gasteiger partial charge in [-0.25, -0.2) is 0 Å². The minimum Gasteiger partial charge on any atom is -0.285 e. The van der Waals surface area contributed by atoms with Crippen LogP contribution in [0.1, 0.15) is 72.6 Å². The van der Waals surface area contributed by atoms with Crippen molar-refractivity contribution in [3.63, 3.8) is 0 Å². The zero-order valence-electron chi connectivity index (χ0n) is 12.4. The van der Waals surface area contributed by atoms with E-state index in [0.29, 0.717) is 24.7 Å². The van der Waals surface area contributed by atoms with Crippen molar-refractivity contribution in [1.29, 1.82) is 0 Å². The fourth-order valence-corrected chi connectivity index (χ4v) is 3.44. The predicted octanol–water partition coefficient (Wildman–Crippen LogP) is 4.29. The fraction of sp³-hybridized carbons (Fsp3) is 1.00. The number of unbranched alkanes of at least 4 members (excludes halogenated alkanes) is 1. The van der Waals surface area contributed by atoms with Crippen LogP contribution in [0.15, 0.2) is 0 Å². The summed E-state index contributed by atoms with van der Waals surface area (Å²) in [4.78, 5) is 0. The second-order valence-electron chi connectivity index (χ2n) is 5.76. The second kappa shape index (κ2) is 8.92. The summed E-state index contributed by atoms with van der Waals surface area (Å²) in [7, 11) is -3.88. The molecule has 4 heteroatoms. The molecular weight excluding hydrogens is 248 g/mol. The van der Waals surface area contributed by atoms with E-state index < -0.39 is 15.4 Å². The van der Waals surface area contributed by atoms with E-state index in [-0.39, 0.29) is 0 Å². The van der Waals surface area contributed by atoms with Crippen LogP contribution in [-0.2, 0) is 10.1 Å². The summed E-state index contributed by atoms with van der Waals surface area (Å²) in [5.41, 5.74) is 0. The number of hydrogen-bond acceptors (Lipinski definition) is 2. The van der Waals surface area contributed by atoms with Crippen LogP contribution < -0.4 is 0 Å². The van der Waals surface area contributed by atoms with E-state index in [2.05, 4.69) is 13.8 Å². The summed E-state index contributed by atoms with van der Waals surface area (Å²) >= 11 is 0. The van der Waals surface area contributed by atoms with Gasteiger partial charge in [-0.3, -0.25) is 4.55 Å². The van der Waals surface area contributed by atoms with Gasteiger partial charge in [-0.05, 0) is 31.1 Å². The molecule has 0 bridgehead atoms. The molecule has 0 aromatic carbocycles. The third-order valence-electron chi connectivity index (χ3n) is 3.60. The quantitative estimate of drug-likeness (QED) is 0.607. The van der Waals surface area contributed by atoms with Gasteiger partial charge in [0.05, 0.1) is 5.25 Å². The Kier molecular flexibility index (Phi) is 8.87. The molecule has 0 heterocycles. The van der Waals surface area contributed by atoms with Crippen LogP contribution in [0.5, 0.6) is 0 Å². The molecule has 0 radical (unpaired) electrons. The summed E-state index contributed by atoms with van der Waals surface area (Å²) in [5, 5.41) is -0.576. The first kappa shape index (κ1) is 17.9. The standard InChI is InChI=1S/C14H30O3S/c1-5-7-8-13(6-2)9-10-14(11-12(3)4)18(15,16)17/h12-14H,5-11H2,1-4H3,(H,15,16,17). The Labute approximate surface area is 113 Å². The molecule has 0 saturated carbocycles. The smallest absolute Gasteiger partial charge is 0.267 e. The molecule has 0 aromatic heterocycles. The summed E-state index contributed by atoms with van der Waals surface area (Å²) in [5.74, 6) is 0.897. The van der Waals surface area contributed by atoms with Crippen LogP contribution >= 0.6 is 0 Å². The SMILES string of the molecule is CCCCC(CC)CCC(CC(C)C)S(=O)(=O)O. The third-order valence-corrected chi connectivity index (χ3v) is 4.87. The topological polar surface area (TPSA) is 54.4 Å². The second-order valence-corrected chi connectivity index (χ2v) is 7.46. The van der Waals surface area contributed by atoms with Crippen molar-refractivity contribution in [1.82, 2.24) is 0 Å². The van der Waals surface area contributed by atoms with Crippen molar-refractivity contribution >= 4 is 10.1 Å². The predicted molar refractivity (Wildman–Crippen MR) is 77.3 cm³/mol. The fourth-order valence-electron chi connectivity index (χ4n) is 2.38. The maximum atomic E-state index is 11.3.